The van der Waals surface area contributed by atoms with E-state index in [9.17, 15) is 0 Å². The minimum Gasteiger partial charge on any atom is -0.373 e. The molecule has 2 aromatic carbocycles. The summed E-state index contributed by atoms with van der Waals surface area (Å²) in [6.07, 6.45) is 1.93. The van der Waals surface area contributed by atoms with E-state index in [0.717, 1.165) is 23.4 Å². The Morgan fingerprint density at radius 3 is 2.59 bits per heavy atom. The number of fused-ring (bicyclic) bond motifs is 1. The Hall–Kier alpha value is -1.75. The molecule has 1 aliphatic carbocycles. The average molecular weight is 310 g/mol. The molecule has 22 heavy (non-hydrogen) atoms. The Bertz CT molecular complexity index is 745. The summed E-state index contributed by atoms with van der Waals surface area (Å²) in [5.74, 6) is 0. The Kier molecular flexibility index (Phi) is 3.45. The molecule has 0 saturated heterocycles. The lowest BCUT2D eigenvalue weighted by Crippen LogP contribution is -2.52. The van der Waals surface area contributed by atoms with Crippen molar-refractivity contribution < 1.29 is 4.74 Å². The lowest BCUT2D eigenvalue weighted by atomic mass is 9.75. The zero-order valence-electron chi connectivity index (χ0n) is 12.2. The van der Waals surface area contributed by atoms with Gasteiger partial charge in [0.05, 0.1) is 28.5 Å². The molecule has 4 rings (SSSR count). The van der Waals surface area contributed by atoms with Crippen LogP contribution < -0.4 is 5.73 Å². The van der Waals surface area contributed by atoms with Crippen LogP contribution in [0.15, 0.2) is 54.6 Å². The smallest absolute Gasteiger partial charge is 0.114 e. The number of nitrogens with zero attached hydrogens (tertiary/aromatic N) is 1. The summed E-state index contributed by atoms with van der Waals surface area (Å²) in [7, 11) is 0. The molecule has 3 nitrogen and oxygen atoms in total. The molecule has 1 heterocycles. The Morgan fingerprint density at radius 1 is 1.09 bits per heavy atom. The number of benzene rings is 2. The maximum absolute atomic E-state index is 6.52. The highest BCUT2D eigenvalue weighted by atomic mass is 32.1. The molecule has 0 atom stereocenters. The monoisotopic (exact) mass is 310 g/mol. The molecule has 2 N–H and O–H groups in total. The van der Waals surface area contributed by atoms with E-state index in [1.54, 1.807) is 11.3 Å². The van der Waals surface area contributed by atoms with Gasteiger partial charge in [0, 0.05) is 0 Å². The van der Waals surface area contributed by atoms with Gasteiger partial charge in [0.25, 0.3) is 0 Å². The number of para-hydroxylation sites is 1. The van der Waals surface area contributed by atoms with Gasteiger partial charge in [-0.15, -0.1) is 11.3 Å². The van der Waals surface area contributed by atoms with Crippen LogP contribution in [0.3, 0.4) is 0 Å². The van der Waals surface area contributed by atoms with Crippen LogP contribution in [0.25, 0.3) is 10.2 Å². The van der Waals surface area contributed by atoms with Crippen LogP contribution in [0.4, 0.5) is 0 Å². The maximum Gasteiger partial charge on any atom is 0.114 e. The highest BCUT2D eigenvalue weighted by molar-refractivity contribution is 7.18. The fourth-order valence-corrected chi connectivity index (χ4v) is 4.01. The predicted molar refractivity (Wildman–Crippen MR) is 89.7 cm³/mol. The number of rotatable bonds is 4. The molecule has 112 valence electrons. The third-order valence-corrected chi connectivity index (χ3v) is 5.49. The third-order valence-electron chi connectivity index (χ3n) is 4.23. The molecular formula is C18H18N2OS. The number of nitrogens with two attached hydrogens (primary N) is 1. The van der Waals surface area contributed by atoms with Crippen molar-refractivity contribution in [3.8, 4) is 0 Å². The molecule has 0 amide bonds. The van der Waals surface area contributed by atoms with E-state index in [1.807, 2.05) is 36.4 Å². The van der Waals surface area contributed by atoms with E-state index in [2.05, 4.69) is 18.2 Å². The van der Waals surface area contributed by atoms with Crippen LogP contribution in [0.1, 0.15) is 23.4 Å². The second kappa shape index (κ2) is 5.47. The number of ether oxygens (including phenoxy) is 1. The summed E-state index contributed by atoms with van der Waals surface area (Å²) in [6, 6.07) is 18.5. The second-order valence-electron chi connectivity index (χ2n) is 5.97. The molecule has 0 aliphatic heterocycles. The fraction of sp³-hybridized carbons (Fsp3) is 0.278. The highest BCUT2D eigenvalue weighted by Crippen LogP contribution is 2.43. The maximum atomic E-state index is 6.52. The summed E-state index contributed by atoms with van der Waals surface area (Å²) in [4.78, 5) is 4.70. The van der Waals surface area contributed by atoms with Gasteiger partial charge in [0.15, 0.2) is 0 Å². The van der Waals surface area contributed by atoms with Crippen molar-refractivity contribution in [2.24, 2.45) is 5.73 Å². The van der Waals surface area contributed by atoms with Gasteiger partial charge in [0.1, 0.15) is 5.01 Å². The van der Waals surface area contributed by atoms with Crippen LogP contribution in [0, 0.1) is 0 Å². The van der Waals surface area contributed by atoms with Gasteiger partial charge in [-0.2, -0.15) is 0 Å². The standard InChI is InChI=1S/C18H18N2OS/c19-18(17-20-15-8-4-5-9-16(15)22-17)10-14(11-18)21-12-13-6-2-1-3-7-13/h1-9,14H,10-12,19H2/t14-,18+. The predicted octanol–water partition coefficient (Wildman–Crippen LogP) is 3.83. The van der Waals surface area contributed by atoms with E-state index < -0.39 is 0 Å². The van der Waals surface area contributed by atoms with Crippen molar-refractivity contribution in [3.63, 3.8) is 0 Å². The minimum atomic E-state index is -0.314. The molecule has 0 unspecified atom stereocenters. The molecule has 0 spiro atoms. The van der Waals surface area contributed by atoms with Crippen molar-refractivity contribution in [2.45, 2.75) is 31.1 Å². The zero-order chi connectivity index (χ0) is 15.0. The summed E-state index contributed by atoms with van der Waals surface area (Å²) in [5, 5.41) is 1.04. The first-order valence-corrected chi connectivity index (χ1v) is 8.35. The zero-order valence-corrected chi connectivity index (χ0v) is 13.1. The van der Waals surface area contributed by atoms with Gasteiger partial charge in [-0.25, -0.2) is 4.98 Å². The Morgan fingerprint density at radius 2 is 1.82 bits per heavy atom. The van der Waals surface area contributed by atoms with Crippen LogP contribution >= 0.6 is 11.3 Å². The first-order valence-electron chi connectivity index (χ1n) is 7.53. The Balaban J connectivity index is 1.40. The summed E-state index contributed by atoms with van der Waals surface area (Å²) in [5.41, 5.74) is 8.45. The molecular weight excluding hydrogens is 292 g/mol. The van der Waals surface area contributed by atoms with Gasteiger partial charge in [-0.05, 0) is 30.5 Å². The molecule has 0 radical (unpaired) electrons. The fourth-order valence-electron chi connectivity index (χ4n) is 2.92. The number of aromatic nitrogens is 1. The van der Waals surface area contributed by atoms with Crippen LogP contribution in [-0.4, -0.2) is 11.1 Å². The van der Waals surface area contributed by atoms with E-state index in [0.29, 0.717) is 6.61 Å². The van der Waals surface area contributed by atoms with Gasteiger partial charge in [0.2, 0.25) is 0 Å². The second-order valence-corrected chi connectivity index (χ2v) is 7.00. The summed E-state index contributed by atoms with van der Waals surface area (Å²) in [6.45, 7) is 0.654. The lowest BCUT2D eigenvalue weighted by Gasteiger charge is -2.43. The third kappa shape index (κ3) is 2.54. The van der Waals surface area contributed by atoms with E-state index in [1.165, 1.54) is 10.3 Å². The first-order chi connectivity index (χ1) is 10.7. The van der Waals surface area contributed by atoms with Gasteiger partial charge in [-0.1, -0.05) is 42.5 Å². The Labute approximate surface area is 133 Å². The number of hydrogen-bond acceptors (Lipinski definition) is 4. The molecule has 1 aromatic heterocycles. The molecule has 1 aliphatic rings. The van der Waals surface area contributed by atoms with Crippen molar-refractivity contribution in [2.75, 3.05) is 0 Å². The minimum absolute atomic E-state index is 0.234. The first kappa shape index (κ1) is 13.9. The lowest BCUT2D eigenvalue weighted by molar-refractivity contribution is -0.0537. The molecule has 0 bridgehead atoms. The van der Waals surface area contributed by atoms with Gasteiger partial charge >= 0.3 is 0 Å². The van der Waals surface area contributed by atoms with Crippen LogP contribution in [-0.2, 0) is 16.9 Å². The highest BCUT2D eigenvalue weighted by Gasteiger charge is 2.45. The molecule has 1 fully saturated rings. The largest absolute Gasteiger partial charge is 0.373 e. The van der Waals surface area contributed by atoms with Crippen LogP contribution in [0.2, 0.25) is 0 Å². The van der Waals surface area contributed by atoms with Crippen molar-refractivity contribution in [1.82, 2.24) is 4.98 Å². The summed E-state index contributed by atoms with van der Waals surface area (Å²) >= 11 is 1.70. The van der Waals surface area contributed by atoms with E-state index >= 15 is 0 Å². The van der Waals surface area contributed by atoms with Crippen molar-refractivity contribution >= 4 is 21.6 Å². The van der Waals surface area contributed by atoms with Crippen LogP contribution in [0.5, 0.6) is 0 Å². The van der Waals surface area contributed by atoms with Crippen molar-refractivity contribution in [3.05, 3.63) is 65.2 Å². The summed E-state index contributed by atoms with van der Waals surface area (Å²) < 4.78 is 7.16. The van der Waals surface area contributed by atoms with E-state index in [-0.39, 0.29) is 11.6 Å². The SMILES string of the molecule is N[C@]1(c2nc3ccccc3s2)C[C@H](OCc2ccccc2)C1. The quantitative estimate of drug-likeness (QED) is 0.796. The molecule has 4 heteroatoms. The number of thiazole rings is 1. The number of hydrogen-bond donors (Lipinski definition) is 1. The molecule has 3 aromatic rings. The topological polar surface area (TPSA) is 48.1 Å². The average Bonchev–Trinajstić information content (AvgIpc) is 2.96. The van der Waals surface area contributed by atoms with E-state index in [4.69, 9.17) is 15.5 Å². The van der Waals surface area contributed by atoms with Crippen molar-refractivity contribution in [1.29, 1.82) is 0 Å². The molecule has 1 saturated carbocycles. The van der Waals surface area contributed by atoms with Gasteiger partial charge < -0.3 is 10.5 Å². The van der Waals surface area contributed by atoms with Gasteiger partial charge in [-0.3, -0.25) is 0 Å². The normalized spacial score (nSPS) is 24.3.